The van der Waals surface area contributed by atoms with Gasteiger partial charge in [-0.05, 0) is 31.5 Å². The van der Waals surface area contributed by atoms with Crippen LogP contribution in [0, 0.1) is 13.8 Å². The summed E-state index contributed by atoms with van der Waals surface area (Å²) in [4.78, 5) is 12.5. The van der Waals surface area contributed by atoms with Crippen LogP contribution < -0.4 is 10.1 Å². The number of aromatic nitrogens is 2. The minimum absolute atomic E-state index is 0.197. The lowest BCUT2D eigenvalue weighted by Gasteiger charge is -2.09. The summed E-state index contributed by atoms with van der Waals surface area (Å²) in [6, 6.07) is 15.5. The lowest BCUT2D eigenvalue weighted by Crippen LogP contribution is -2.14. The van der Waals surface area contributed by atoms with Gasteiger partial charge in [0.2, 0.25) is 0 Å². The first-order valence-corrected chi connectivity index (χ1v) is 8.11. The molecule has 0 spiro atoms. The molecule has 0 aliphatic rings. The zero-order valence-corrected chi connectivity index (χ0v) is 14.6. The van der Waals surface area contributed by atoms with E-state index >= 15 is 0 Å². The summed E-state index contributed by atoms with van der Waals surface area (Å²) in [6.07, 6.45) is 1.86. The number of rotatable bonds is 5. The van der Waals surface area contributed by atoms with Crippen molar-refractivity contribution in [3.05, 3.63) is 77.0 Å². The first kappa shape index (κ1) is 16.8. The Balaban J connectivity index is 1.71. The SMILES string of the molecule is COc1cccc(C(=O)Nc2ccn(Cc3ccc(C)cc3)n2)c1C. The average Bonchev–Trinajstić information content (AvgIpc) is 3.04. The number of hydrogen-bond donors (Lipinski definition) is 1. The summed E-state index contributed by atoms with van der Waals surface area (Å²) in [5.74, 6) is 1.02. The molecule has 0 aliphatic heterocycles. The lowest BCUT2D eigenvalue weighted by atomic mass is 10.1. The Bertz CT molecular complexity index is 882. The molecular formula is C20H21N3O2. The molecule has 2 aromatic carbocycles. The van der Waals surface area contributed by atoms with Crippen molar-refractivity contribution < 1.29 is 9.53 Å². The Hall–Kier alpha value is -3.08. The first-order chi connectivity index (χ1) is 12.1. The van der Waals surface area contributed by atoms with E-state index in [2.05, 4.69) is 41.6 Å². The van der Waals surface area contributed by atoms with Crippen LogP contribution in [-0.2, 0) is 6.54 Å². The lowest BCUT2D eigenvalue weighted by molar-refractivity contribution is 0.102. The monoisotopic (exact) mass is 335 g/mol. The number of ether oxygens (including phenoxy) is 1. The standard InChI is InChI=1S/C20H21N3O2/c1-14-7-9-16(10-8-14)13-23-12-11-19(22-23)21-20(24)17-5-4-6-18(25-3)15(17)2/h4-12H,13H2,1-3H3,(H,21,22,24). The zero-order valence-electron chi connectivity index (χ0n) is 14.6. The summed E-state index contributed by atoms with van der Waals surface area (Å²) in [5, 5.41) is 7.26. The van der Waals surface area contributed by atoms with E-state index in [1.165, 1.54) is 5.56 Å². The highest BCUT2D eigenvalue weighted by Gasteiger charge is 2.13. The molecule has 128 valence electrons. The Morgan fingerprint density at radius 2 is 1.88 bits per heavy atom. The molecular weight excluding hydrogens is 314 g/mol. The van der Waals surface area contributed by atoms with Crippen molar-refractivity contribution >= 4 is 11.7 Å². The van der Waals surface area contributed by atoms with Gasteiger partial charge in [0.15, 0.2) is 5.82 Å². The smallest absolute Gasteiger partial charge is 0.257 e. The Morgan fingerprint density at radius 1 is 1.12 bits per heavy atom. The fourth-order valence-electron chi connectivity index (χ4n) is 2.66. The maximum atomic E-state index is 12.5. The normalized spacial score (nSPS) is 10.5. The molecule has 0 saturated carbocycles. The molecule has 0 atom stereocenters. The van der Waals surface area contributed by atoms with Crippen LogP contribution in [0.5, 0.6) is 5.75 Å². The number of nitrogens with zero attached hydrogens (tertiary/aromatic N) is 2. The molecule has 0 saturated heterocycles. The fourth-order valence-corrected chi connectivity index (χ4v) is 2.66. The molecule has 1 N–H and O–H groups in total. The van der Waals surface area contributed by atoms with Gasteiger partial charge in [-0.1, -0.05) is 35.9 Å². The minimum Gasteiger partial charge on any atom is -0.496 e. The highest BCUT2D eigenvalue weighted by atomic mass is 16.5. The summed E-state index contributed by atoms with van der Waals surface area (Å²) < 4.78 is 7.07. The van der Waals surface area contributed by atoms with Crippen molar-refractivity contribution in [2.75, 3.05) is 12.4 Å². The third kappa shape index (κ3) is 3.88. The summed E-state index contributed by atoms with van der Waals surface area (Å²) in [5.41, 5.74) is 3.77. The van der Waals surface area contributed by atoms with Crippen molar-refractivity contribution in [2.24, 2.45) is 0 Å². The summed E-state index contributed by atoms with van der Waals surface area (Å²) in [6.45, 7) is 4.59. The van der Waals surface area contributed by atoms with Gasteiger partial charge >= 0.3 is 0 Å². The van der Waals surface area contributed by atoms with Crippen molar-refractivity contribution in [3.8, 4) is 5.75 Å². The third-order valence-electron chi connectivity index (χ3n) is 4.10. The van der Waals surface area contributed by atoms with Gasteiger partial charge in [-0.3, -0.25) is 9.48 Å². The largest absolute Gasteiger partial charge is 0.496 e. The second kappa shape index (κ2) is 7.21. The van der Waals surface area contributed by atoms with E-state index in [-0.39, 0.29) is 5.91 Å². The molecule has 5 heteroatoms. The van der Waals surface area contributed by atoms with E-state index in [4.69, 9.17) is 4.74 Å². The molecule has 0 unspecified atom stereocenters. The number of methoxy groups -OCH3 is 1. The maximum Gasteiger partial charge on any atom is 0.257 e. The number of benzene rings is 2. The number of carbonyl (C=O) groups is 1. The van der Waals surface area contributed by atoms with E-state index < -0.39 is 0 Å². The molecule has 1 amide bonds. The average molecular weight is 335 g/mol. The minimum atomic E-state index is -0.197. The summed E-state index contributed by atoms with van der Waals surface area (Å²) in [7, 11) is 1.59. The summed E-state index contributed by atoms with van der Waals surface area (Å²) >= 11 is 0. The van der Waals surface area contributed by atoms with E-state index in [1.54, 1.807) is 30.0 Å². The van der Waals surface area contributed by atoms with Crippen molar-refractivity contribution in [1.82, 2.24) is 9.78 Å². The van der Waals surface area contributed by atoms with E-state index in [9.17, 15) is 4.79 Å². The first-order valence-electron chi connectivity index (χ1n) is 8.11. The van der Waals surface area contributed by atoms with E-state index in [1.807, 2.05) is 19.2 Å². The molecule has 0 aliphatic carbocycles. The highest BCUT2D eigenvalue weighted by Crippen LogP contribution is 2.21. The predicted molar refractivity (Wildman–Crippen MR) is 98.2 cm³/mol. The molecule has 25 heavy (non-hydrogen) atoms. The van der Waals surface area contributed by atoms with Gasteiger partial charge in [-0.2, -0.15) is 5.10 Å². The molecule has 0 radical (unpaired) electrons. The van der Waals surface area contributed by atoms with Crippen LogP contribution in [0.15, 0.2) is 54.7 Å². The number of anilines is 1. The Morgan fingerprint density at radius 3 is 2.60 bits per heavy atom. The number of aryl methyl sites for hydroxylation is 1. The van der Waals surface area contributed by atoms with Crippen LogP contribution in [0.4, 0.5) is 5.82 Å². The topological polar surface area (TPSA) is 56.1 Å². The second-order valence-corrected chi connectivity index (χ2v) is 5.97. The molecule has 3 aromatic rings. The van der Waals surface area contributed by atoms with Crippen LogP contribution in [0.3, 0.4) is 0 Å². The molecule has 5 nitrogen and oxygen atoms in total. The van der Waals surface area contributed by atoms with Crippen LogP contribution >= 0.6 is 0 Å². The molecule has 0 bridgehead atoms. The number of nitrogens with one attached hydrogen (secondary N) is 1. The van der Waals surface area contributed by atoms with E-state index in [0.29, 0.717) is 23.7 Å². The Kier molecular flexibility index (Phi) is 4.84. The van der Waals surface area contributed by atoms with Gasteiger partial charge in [-0.25, -0.2) is 0 Å². The van der Waals surface area contributed by atoms with E-state index in [0.717, 1.165) is 11.1 Å². The van der Waals surface area contributed by atoms with Gasteiger partial charge in [-0.15, -0.1) is 0 Å². The number of carbonyl (C=O) groups excluding carboxylic acids is 1. The molecule has 1 aromatic heterocycles. The van der Waals surface area contributed by atoms with Crippen LogP contribution in [0.2, 0.25) is 0 Å². The Labute approximate surface area is 147 Å². The van der Waals surface area contributed by atoms with Gasteiger partial charge < -0.3 is 10.1 Å². The number of amides is 1. The van der Waals surface area contributed by atoms with Gasteiger partial charge in [0, 0.05) is 23.4 Å². The third-order valence-corrected chi connectivity index (χ3v) is 4.10. The van der Waals surface area contributed by atoms with Crippen LogP contribution in [0.1, 0.15) is 27.0 Å². The van der Waals surface area contributed by atoms with Gasteiger partial charge in [0.1, 0.15) is 5.75 Å². The highest BCUT2D eigenvalue weighted by molar-refractivity contribution is 6.05. The fraction of sp³-hybridized carbons (Fsp3) is 0.200. The van der Waals surface area contributed by atoms with Gasteiger partial charge in [0.05, 0.1) is 13.7 Å². The predicted octanol–water partition coefficient (Wildman–Crippen LogP) is 3.81. The second-order valence-electron chi connectivity index (χ2n) is 5.97. The van der Waals surface area contributed by atoms with Gasteiger partial charge in [0.25, 0.3) is 5.91 Å². The number of hydrogen-bond acceptors (Lipinski definition) is 3. The van der Waals surface area contributed by atoms with Crippen LogP contribution in [0.25, 0.3) is 0 Å². The molecule has 3 rings (SSSR count). The van der Waals surface area contributed by atoms with Crippen molar-refractivity contribution in [3.63, 3.8) is 0 Å². The quantitative estimate of drug-likeness (QED) is 0.771. The maximum absolute atomic E-state index is 12.5. The zero-order chi connectivity index (χ0) is 17.8. The molecule has 0 fully saturated rings. The van der Waals surface area contributed by atoms with Crippen molar-refractivity contribution in [1.29, 1.82) is 0 Å². The molecule has 1 heterocycles. The van der Waals surface area contributed by atoms with Crippen molar-refractivity contribution in [2.45, 2.75) is 20.4 Å². The van der Waals surface area contributed by atoms with Crippen LogP contribution in [-0.4, -0.2) is 22.8 Å².